The Morgan fingerprint density at radius 3 is 1.74 bits per heavy atom. The summed E-state index contributed by atoms with van der Waals surface area (Å²) in [4.78, 5) is 37.0. The standard InChI is InChI=1S/C27H23N3O5/c1-2-34-27(33)35-22-15-11-20(12-16-22)26(32)29-24-8-4-3-7-23(24)28-25(31)19-9-13-21(14-10-19)30-17-5-6-18-30/h3-18H,2H2,1H3,(H,28,31)(H,29,32). The molecule has 4 aromatic rings. The number of benzene rings is 3. The first kappa shape index (κ1) is 23.3. The summed E-state index contributed by atoms with van der Waals surface area (Å²) < 4.78 is 11.7. The van der Waals surface area contributed by atoms with Crippen LogP contribution in [0.25, 0.3) is 5.69 Å². The summed E-state index contributed by atoms with van der Waals surface area (Å²) in [7, 11) is 0. The molecule has 0 unspecified atom stereocenters. The highest BCUT2D eigenvalue weighted by Crippen LogP contribution is 2.23. The molecule has 1 aromatic heterocycles. The van der Waals surface area contributed by atoms with Crippen molar-refractivity contribution in [1.29, 1.82) is 0 Å². The summed E-state index contributed by atoms with van der Waals surface area (Å²) in [6.45, 7) is 1.88. The average molecular weight is 469 g/mol. The van der Waals surface area contributed by atoms with Gasteiger partial charge in [0.1, 0.15) is 5.75 Å². The van der Waals surface area contributed by atoms with E-state index in [1.54, 1.807) is 43.3 Å². The number of nitrogens with one attached hydrogen (secondary N) is 2. The van der Waals surface area contributed by atoms with Crippen LogP contribution in [0.15, 0.2) is 97.3 Å². The van der Waals surface area contributed by atoms with Crippen molar-refractivity contribution in [1.82, 2.24) is 4.57 Å². The van der Waals surface area contributed by atoms with Crippen molar-refractivity contribution in [3.05, 3.63) is 108 Å². The molecule has 4 rings (SSSR count). The van der Waals surface area contributed by atoms with Gasteiger partial charge in [-0.3, -0.25) is 9.59 Å². The van der Waals surface area contributed by atoms with Gasteiger partial charge in [0.05, 0.1) is 18.0 Å². The molecule has 0 saturated carbocycles. The highest BCUT2D eigenvalue weighted by Gasteiger charge is 2.13. The van der Waals surface area contributed by atoms with Gasteiger partial charge in [-0.2, -0.15) is 0 Å². The number of hydrogen-bond donors (Lipinski definition) is 2. The number of rotatable bonds is 7. The Balaban J connectivity index is 1.42. The van der Waals surface area contributed by atoms with E-state index in [1.165, 1.54) is 24.3 Å². The Hall–Kier alpha value is -4.85. The van der Waals surface area contributed by atoms with E-state index >= 15 is 0 Å². The first-order chi connectivity index (χ1) is 17.0. The summed E-state index contributed by atoms with van der Waals surface area (Å²) >= 11 is 0. The van der Waals surface area contributed by atoms with Crippen LogP contribution < -0.4 is 15.4 Å². The fourth-order valence-corrected chi connectivity index (χ4v) is 3.30. The van der Waals surface area contributed by atoms with Crippen LogP contribution in [0.1, 0.15) is 27.6 Å². The lowest BCUT2D eigenvalue weighted by atomic mass is 10.1. The van der Waals surface area contributed by atoms with Gasteiger partial charge >= 0.3 is 6.16 Å². The Morgan fingerprint density at radius 2 is 1.23 bits per heavy atom. The lowest BCUT2D eigenvalue weighted by molar-refractivity contribution is 0.101. The SMILES string of the molecule is CCOC(=O)Oc1ccc(C(=O)Nc2ccccc2NC(=O)c2ccc(-n3cccc3)cc2)cc1. The quantitative estimate of drug-likeness (QED) is 0.274. The minimum Gasteiger partial charge on any atom is -0.434 e. The van der Waals surface area contributed by atoms with Crippen molar-refractivity contribution in [2.75, 3.05) is 17.2 Å². The van der Waals surface area contributed by atoms with Crippen LogP contribution in [0.2, 0.25) is 0 Å². The molecule has 8 nitrogen and oxygen atoms in total. The third-order valence-corrected chi connectivity index (χ3v) is 5.04. The topological polar surface area (TPSA) is 98.7 Å². The monoisotopic (exact) mass is 469 g/mol. The van der Waals surface area contributed by atoms with Crippen molar-refractivity contribution in [3.63, 3.8) is 0 Å². The summed E-state index contributed by atoms with van der Waals surface area (Å²) in [6.07, 6.45) is 3.04. The second-order valence-corrected chi connectivity index (χ2v) is 7.40. The van der Waals surface area contributed by atoms with Gasteiger partial charge in [0.15, 0.2) is 0 Å². The van der Waals surface area contributed by atoms with E-state index in [1.807, 2.05) is 41.2 Å². The maximum Gasteiger partial charge on any atom is 0.513 e. The maximum atomic E-state index is 12.8. The Labute approximate surface area is 202 Å². The molecule has 0 aliphatic carbocycles. The molecule has 1 heterocycles. The van der Waals surface area contributed by atoms with Gasteiger partial charge in [0.25, 0.3) is 11.8 Å². The van der Waals surface area contributed by atoms with Gasteiger partial charge in [0, 0.05) is 29.2 Å². The van der Waals surface area contributed by atoms with Crippen LogP contribution in [0.3, 0.4) is 0 Å². The van der Waals surface area contributed by atoms with Gasteiger partial charge in [0.2, 0.25) is 0 Å². The molecule has 0 aliphatic heterocycles. The number of aromatic nitrogens is 1. The van der Waals surface area contributed by atoms with Crippen molar-refractivity contribution in [2.45, 2.75) is 6.92 Å². The first-order valence-corrected chi connectivity index (χ1v) is 10.9. The van der Waals surface area contributed by atoms with Gasteiger partial charge in [-0.05, 0) is 79.7 Å². The molecule has 35 heavy (non-hydrogen) atoms. The molecule has 3 aromatic carbocycles. The molecule has 2 amide bonds. The third-order valence-electron chi connectivity index (χ3n) is 5.04. The molecule has 0 radical (unpaired) electrons. The molecular formula is C27H23N3O5. The zero-order valence-corrected chi connectivity index (χ0v) is 18.9. The summed E-state index contributed by atoms with van der Waals surface area (Å²) in [5.41, 5.74) is 2.68. The smallest absolute Gasteiger partial charge is 0.434 e. The molecule has 8 heteroatoms. The molecule has 176 valence electrons. The second-order valence-electron chi connectivity index (χ2n) is 7.40. The van der Waals surface area contributed by atoms with Crippen LogP contribution in [-0.4, -0.2) is 29.1 Å². The predicted octanol–water partition coefficient (Wildman–Crippen LogP) is 5.52. The first-order valence-electron chi connectivity index (χ1n) is 10.9. The van der Waals surface area contributed by atoms with Gasteiger partial charge in [-0.1, -0.05) is 12.1 Å². The normalized spacial score (nSPS) is 10.3. The molecular weight excluding hydrogens is 446 g/mol. The van der Waals surface area contributed by atoms with Gasteiger partial charge in [-0.25, -0.2) is 4.79 Å². The van der Waals surface area contributed by atoms with E-state index in [4.69, 9.17) is 9.47 Å². The molecule has 2 N–H and O–H groups in total. The van der Waals surface area contributed by atoms with Crippen molar-refractivity contribution in [2.24, 2.45) is 0 Å². The van der Waals surface area contributed by atoms with E-state index in [-0.39, 0.29) is 24.2 Å². The van der Waals surface area contributed by atoms with Crippen LogP contribution in [0.5, 0.6) is 5.75 Å². The highest BCUT2D eigenvalue weighted by atomic mass is 16.7. The maximum absolute atomic E-state index is 12.8. The van der Waals surface area contributed by atoms with Crippen molar-refractivity contribution < 1.29 is 23.9 Å². The van der Waals surface area contributed by atoms with E-state index in [0.717, 1.165) is 5.69 Å². The van der Waals surface area contributed by atoms with Crippen molar-refractivity contribution in [3.8, 4) is 11.4 Å². The lowest BCUT2D eigenvalue weighted by Crippen LogP contribution is -2.17. The molecule has 0 spiro atoms. The van der Waals surface area contributed by atoms with Gasteiger partial charge in [-0.15, -0.1) is 0 Å². The molecule has 0 bridgehead atoms. The average Bonchev–Trinajstić information content (AvgIpc) is 3.41. The van der Waals surface area contributed by atoms with E-state index < -0.39 is 6.16 Å². The Morgan fingerprint density at radius 1 is 0.714 bits per heavy atom. The molecule has 0 aliphatic rings. The molecule has 0 fully saturated rings. The Kier molecular flexibility index (Phi) is 7.22. The molecule has 0 atom stereocenters. The zero-order chi connectivity index (χ0) is 24.6. The minimum atomic E-state index is -0.811. The number of carbonyl (C=O) groups is 3. The van der Waals surface area contributed by atoms with E-state index in [9.17, 15) is 14.4 Å². The van der Waals surface area contributed by atoms with Crippen LogP contribution in [0.4, 0.5) is 16.2 Å². The van der Waals surface area contributed by atoms with Gasteiger partial charge < -0.3 is 24.7 Å². The largest absolute Gasteiger partial charge is 0.513 e. The number of anilines is 2. The number of nitrogens with zero attached hydrogens (tertiary/aromatic N) is 1. The fraction of sp³-hybridized carbons (Fsp3) is 0.0741. The molecule has 0 saturated heterocycles. The number of para-hydroxylation sites is 2. The summed E-state index contributed by atoms with van der Waals surface area (Å²) in [5.74, 6) is -0.424. The Bertz CT molecular complexity index is 1310. The highest BCUT2D eigenvalue weighted by molar-refractivity contribution is 6.10. The van der Waals surface area contributed by atoms with Crippen LogP contribution in [0, 0.1) is 0 Å². The fourth-order valence-electron chi connectivity index (χ4n) is 3.30. The third kappa shape index (κ3) is 5.94. The summed E-state index contributed by atoms with van der Waals surface area (Å²) in [5, 5.41) is 5.65. The number of carbonyl (C=O) groups excluding carboxylic acids is 3. The van der Waals surface area contributed by atoms with Crippen LogP contribution in [-0.2, 0) is 4.74 Å². The summed E-state index contributed by atoms with van der Waals surface area (Å²) in [6, 6.07) is 24.0. The second kappa shape index (κ2) is 10.8. The lowest BCUT2D eigenvalue weighted by Gasteiger charge is -2.13. The zero-order valence-electron chi connectivity index (χ0n) is 18.9. The van der Waals surface area contributed by atoms with Crippen LogP contribution >= 0.6 is 0 Å². The van der Waals surface area contributed by atoms with E-state index in [0.29, 0.717) is 22.5 Å². The number of hydrogen-bond acceptors (Lipinski definition) is 5. The number of amides is 2. The minimum absolute atomic E-state index is 0.203. The van der Waals surface area contributed by atoms with E-state index in [2.05, 4.69) is 10.6 Å². The predicted molar refractivity (Wildman–Crippen MR) is 132 cm³/mol. The number of ether oxygens (including phenoxy) is 2. The van der Waals surface area contributed by atoms with Crippen molar-refractivity contribution >= 4 is 29.3 Å².